The van der Waals surface area contributed by atoms with E-state index >= 15 is 0 Å². The molecule has 4 heteroatoms. The predicted octanol–water partition coefficient (Wildman–Crippen LogP) is 3.27. The summed E-state index contributed by atoms with van der Waals surface area (Å²) in [6, 6.07) is 0. The Morgan fingerprint density at radius 1 is 1.50 bits per heavy atom. The van der Waals surface area contributed by atoms with Crippen molar-refractivity contribution in [1.29, 1.82) is 0 Å². The Balaban J connectivity index is 5.07. The summed E-state index contributed by atoms with van der Waals surface area (Å²) in [7, 11) is 1.50. The number of amidine groups is 1. The second-order valence-corrected chi connectivity index (χ2v) is 2.84. The van der Waals surface area contributed by atoms with Crippen molar-refractivity contribution in [2.24, 2.45) is 9.98 Å². The first-order chi connectivity index (χ1) is 6.51. The van der Waals surface area contributed by atoms with Gasteiger partial charge in [0.1, 0.15) is 5.83 Å². The molecule has 0 atom stereocenters. The summed E-state index contributed by atoms with van der Waals surface area (Å²) < 4.78 is 12.8. The number of nitrogens with zero attached hydrogens (tertiary/aromatic N) is 2. The minimum atomic E-state index is -0.493. The van der Waals surface area contributed by atoms with Crippen molar-refractivity contribution >= 4 is 22.6 Å². The van der Waals surface area contributed by atoms with Gasteiger partial charge in [-0.15, -0.1) is 0 Å². The molecule has 0 fully saturated rings. The highest BCUT2D eigenvalue weighted by Gasteiger charge is 1.99. The first-order valence-corrected chi connectivity index (χ1v) is 4.25. The molecule has 0 aliphatic carbocycles. The molecule has 0 aliphatic rings. The van der Waals surface area contributed by atoms with Crippen LogP contribution in [0.5, 0.6) is 0 Å². The van der Waals surface area contributed by atoms with Gasteiger partial charge < -0.3 is 0 Å². The second-order valence-electron chi connectivity index (χ2n) is 2.50. The third-order valence-electron chi connectivity index (χ3n) is 1.30. The monoisotopic (exact) mass is 214 g/mol. The van der Waals surface area contributed by atoms with E-state index in [9.17, 15) is 4.39 Å². The van der Waals surface area contributed by atoms with E-state index < -0.39 is 5.83 Å². The van der Waals surface area contributed by atoms with Crippen molar-refractivity contribution in [2.75, 3.05) is 7.05 Å². The third kappa shape index (κ3) is 4.72. The van der Waals surface area contributed by atoms with Gasteiger partial charge in [0, 0.05) is 7.05 Å². The Labute approximate surface area is 88.2 Å². The first-order valence-electron chi connectivity index (χ1n) is 3.87. The molecule has 14 heavy (non-hydrogen) atoms. The molecular formula is C10H12ClFN2. The smallest absolute Gasteiger partial charge is 0.217 e. The topological polar surface area (TPSA) is 24.7 Å². The zero-order chi connectivity index (χ0) is 11.1. The molecule has 2 nitrogen and oxygen atoms in total. The van der Waals surface area contributed by atoms with Gasteiger partial charge in [-0.05, 0) is 36.2 Å². The van der Waals surface area contributed by atoms with Crippen LogP contribution in [0.3, 0.4) is 0 Å². The van der Waals surface area contributed by atoms with E-state index in [1.807, 2.05) is 0 Å². The van der Waals surface area contributed by atoms with Gasteiger partial charge >= 0.3 is 0 Å². The maximum absolute atomic E-state index is 12.8. The van der Waals surface area contributed by atoms with Crippen LogP contribution in [0.2, 0.25) is 0 Å². The summed E-state index contributed by atoms with van der Waals surface area (Å²) in [4.78, 5) is 7.47. The molecule has 0 rings (SSSR count). The molecule has 0 unspecified atom stereocenters. The maximum Gasteiger partial charge on any atom is 0.217 e. The van der Waals surface area contributed by atoms with E-state index in [4.69, 9.17) is 11.6 Å². The molecule has 0 aromatic heterocycles. The molecule has 0 amide bonds. The van der Waals surface area contributed by atoms with Gasteiger partial charge in [0.15, 0.2) is 0 Å². The van der Waals surface area contributed by atoms with Gasteiger partial charge in [0.05, 0.1) is 5.71 Å². The Kier molecular flexibility index (Phi) is 5.72. The standard InChI is InChI=1S/C10H12ClFN2/c1-5-8(12)6-9(7(2)3)14-10(11)13-4/h5-6H,1-2H2,3-4H3/b8-6+,13-10?,14-9-. The fourth-order valence-electron chi connectivity index (χ4n) is 0.590. The van der Waals surface area contributed by atoms with Crippen LogP contribution in [0.4, 0.5) is 4.39 Å². The van der Waals surface area contributed by atoms with Crippen LogP contribution in [0.15, 0.2) is 46.7 Å². The molecule has 0 saturated carbocycles. The van der Waals surface area contributed by atoms with E-state index in [0.29, 0.717) is 11.3 Å². The normalized spacial score (nSPS) is 14.1. The van der Waals surface area contributed by atoms with Crippen molar-refractivity contribution in [3.63, 3.8) is 0 Å². The Morgan fingerprint density at radius 3 is 2.43 bits per heavy atom. The van der Waals surface area contributed by atoms with Crippen LogP contribution in [0, 0.1) is 0 Å². The number of rotatable bonds is 3. The van der Waals surface area contributed by atoms with Crippen LogP contribution < -0.4 is 0 Å². The maximum atomic E-state index is 12.8. The average molecular weight is 215 g/mol. The highest BCUT2D eigenvalue weighted by atomic mass is 35.5. The molecular weight excluding hydrogens is 203 g/mol. The predicted molar refractivity (Wildman–Crippen MR) is 60.8 cm³/mol. The molecule has 0 bridgehead atoms. The van der Waals surface area contributed by atoms with Gasteiger partial charge in [-0.2, -0.15) is 0 Å². The molecule has 76 valence electrons. The second kappa shape index (κ2) is 6.27. The Morgan fingerprint density at radius 2 is 2.07 bits per heavy atom. The first kappa shape index (κ1) is 12.8. The van der Waals surface area contributed by atoms with Gasteiger partial charge in [-0.25, -0.2) is 9.38 Å². The minimum absolute atomic E-state index is 0.0520. The lowest BCUT2D eigenvalue weighted by atomic mass is 10.2. The SMILES string of the molecule is C=C/C(F)=C\C(=N\C(Cl)=NC)C(=C)C. The summed E-state index contributed by atoms with van der Waals surface area (Å²) in [5.41, 5.74) is 0.946. The van der Waals surface area contributed by atoms with E-state index in [2.05, 4.69) is 23.1 Å². The average Bonchev–Trinajstić information content (AvgIpc) is 2.16. The lowest BCUT2D eigenvalue weighted by Crippen LogP contribution is -1.98. The van der Waals surface area contributed by atoms with Crippen molar-refractivity contribution in [1.82, 2.24) is 0 Å². The molecule has 0 spiro atoms. The number of hydrogen-bond acceptors (Lipinski definition) is 1. The molecule has 0 aromatic rings. The molecule has 0 aromatic carbocycles. The van der Waals surface area contributed by atoms with Crippen LogP contribution in [-0.4, -0.2) is 18.1 Å². The summed E-state index contributed by atoms with van der Waals surface area (Å²) in [6.07, 6.45) is 2.28. The number of allylic oxidation sites excluding steroid dienone is 4. The van der Waals surface area contributed by atoms with E-state index in [0.717, 1.165) is 6.08 Å². The summed E-state index contributed by atoms with van der Waals surface area (Å²) in [6.45, 7) is 8.62. The van der Waals surface area contributed by atoms with E-state index in [1.165, 1.54) is 13.1 Å². The zero-order valence-corrected chi connectivity index (χ0v) is 8.98. The quantitative estimate of drug-likeness (QED) is 0.298. The molecule has 0 aliphatic heterocycles. The van der Waals surface area contributed by atoms with Crippen molar-refractivity contribution < 1.29 is 4.39 Å². The van der Waals surface area contributed by atoms with E-state index in [-0.39, 0.29) is 5.29 Å². The van der Waals surface area contributed by atoms with Gasteiger partial charge in [0.25, 0.3) is 0 Å². The molecule has 0 N–H and O–H groups in total. The molecule has 0 radical (unpaired) electrons. The Hall–Kier alpha value is -1.22. The molecule has 0 heterocycles. The fraction of sp³-hybridized carbons (Fsp3) is 0.200. The lowest BCUT2D eigenvalue weighted by molar-refractivity contribution is 0.669. The van der Waals surface area contributed by atoms with Crippen molar-refractivity contribution in [2.45, 2.75) is 6.92 Å². The summed E-state index contributed by atoms with van der Waals surface area (Å²) >= 11 is 5.57. The lowest BCUT2D eigenvalue weighted by Gasteiger charge is -1.98. The minimum Gasteiger partial charge on any atom is -0.260 e. The zero-order valence-electron chi connectivity index (χ0n) is 8.22. The third-order valence-corrected chi connectivity index (χ3v) is 1.56. The van der Waals surface area contributed by atoms with Crippen molar-refractivity contribution in [3.8, 4) is 0 Å². The highest BCUT2D eigenvalue weighted by Crippen LogP contribution is 2.04. The molecule has 0 saturated heterocycles. The Bertz CT molecular complexity index is 327. The van der Waals surface area contributed by atoms with Gasteiger partial charge in [0.2, 0.25) is 5.29 Å². The van der Waals surface area contributed by atoms with Crippen LogP contribution in [0.1, 0.15) is 6.92 Å². The van der Waals surface area contributed by atoms with Crippen LogP contribution in [0.25, 0.3) is 0 Å². The number of halogens is 2. The fourth-order valence-corrected chi connectivity index (χ4v) is 0.681. The van der Waals surface area contributed by atoms with Gasteiger partial charge in [-0.3, -0.25) is 4.99 Å². The van der Waals surface area contributed by atoms with E-state index in [1.54, 1.807) is 6.92 Å². The largest absolute Gasteiger partial charge is 0.260 e. The highest BCUT2D eigenvalue weighted by molar-refractivity contribution is 6.65. The number of aliphatic imine (C=N–C) groups is 2. The van der Waals surface area contributed by atoms with Crippen molar-refractivity contribution in [3.05, 3.63) is 36.7 Å². The van der Waals surface area contributed by atoms with Gasteiger partial charge in [-0.1, -0.05) is 13.2 Å². The summed E-state index contributed by atoms with van der Waals surface area (Å²) in [5, 5.41) is 0.0520. The number of hydrogen-bond donors (Lipinski definition) is 0. The summed E-state index contributed by atoms with van der Waals surface area (Å²) in [5.74, 6) is -0.493. The van der Waals surface area contributed by atoms with Crippen LogP contribution in [-0.2, 0) is 0 Å². The van der Waals surface area contributed by atoms with Crippen LogP contribution >= 0.6 is 11.6 Å².